The molecule has 3 aromatic rings. The van der Waals surface area contributed by atoms with Crippen molar-refractivity contribution in [3.05, 3.63) is 46.8 Å². The number of nitrogens with zero attached hydrogens (tertiary/aromatic N) is 4. The van der Waals surface area contributed by atoms with Crippen LogP contribution in [0.1, 0.15) is 37.8 Å². The molecule has 144 valence electrons. The Balaban J connectivity index is 1.70. The summed E-state index contributed by atoms with van der Waals surface area (Å²) in [6.45, 7) is 7.07. The van der Waals surface area contributed by atoms with E-state index in [1.807, 2.05) is 11.5 Å². The molecule has 0 spiro atoms. The number of hydrogen-bond donors (Lipinski definition) is 1. The van der Waals surface area contributed by atoms with Gasteiger partial charge in [0, 0.05) is 12.1 Å². The molecule has 0 fully saturated rings. The quantitative estimate of drug-likeness (QED) is 0.567. The highest BCUT2D eigenvalue weighted by Crippen LogP contribution is 2.26. The number of nitriles is 1. The summed E-state index contributed by atoms with van der Waals surface area (Å²) >= 11 is 2.68. The first kappa shape index (κ1) is 20.1. The van der Waals surface area contributed by atoms with Gasteiger partial charge in [-0.2, -0.15) is 5.26 Å². The summed E-state index contributed by atoms with van der Waals surface area (Å²) in [4.78, 5) is 12.2. The molecule has 1 aromatic carbocycles. The molecular weight excluding hydrogens is 390 g/mol. The van der Waals surface area contributed by atoms with Gasteiger partial charge in [0.15, 0.2) is 11.0 Å². The first-order valence-electron chi connectivity index (χ1n) is 8.97. The van der Waals surface area contributed by atoms with Gasteiger partial charge in [-0.05, 0) is 29.9 Å². The zero-order valence-electron chi connectivity index (χ0n) is 16.0. The van der Waals surface area contributed by atoms with Gasteiger partial charge < -0.3 is 9.88 Å². The van der Waals surface area contributed by atoms with E-state index in [0.717, 1.165) is 11.4 Å². The fraction of sp³-hybridized carbons (Fsp3) is 0.300. The number of benzene rings is 1. The average molecular weight is 412 g/mol. The highest BCUT2D eigenvalue weighted by molar-refractivity contribution is 7.99. The van der Waals surface area contributed by atoms with Gasteiger partial charge in [-0.3, -0.25) is 4.79 Å². The van der Waals surface area contributed by atoms with E-state index < -0.39 is 0 Å². The SMILES string of the molecule is CCn1c(SCC(=O)Nc2sccc2C#N)nnc1-c1ccc(C(C)C)cc1. The number of carbonyl (C=O) groups is 1. The number of thiophene rings is 1. The Bertz CT molecular complexity index is 999. The maximum absolute atomic E-state index is 12.2. The summed E-state index contributed by atoms with van der Waals surface area (Å²) in [7, 11) is 0. The van der Waals surface area contributed by atoms with E-state index in [9.17, 15) is 4.79 Å². The number of aromatic nitrogens is 3. The third kappa shape index (κ3) is 4.43. The second-order valence-corrected chi connectivity index (χ2v) is 8.30. The Morgan fingerprint density at radius 3 is 2.68 bits per heavy atom. The normalized spacial score (nSPS) is 10.8. The average Bonchev–Trinajstić information content (AvgIpc) is 3.32. The minimum absolute atomic E-state index is 0.169. The monoisotopic (exact) mass is 411 g/mol. The fourth-order valence-corrected chi connectivity index (χ4v) is 4.25. The lowest BCUT2D eigenvalue weighted by Gasteiger charge is -2.09. The van der Waals surface area contributed by atoms with E-state index >= 15 is 0 Å². The van der Waals surface area contributed by atoms with E-state index in [-0.39, 0.29) is 11.7 Å². The number of amides is 1. The summed E-state index contributed by atoms with van der Waals surface area (Å²) in [5.74, 6) is 1.31. The van der Waals surface area contributed by atoms with E-state index in [4.69, 9.17) is 5.26 Å². The van der Waals surface area contributed by atoms with Crippen molar-refractivity contribution in [2.75, 3.05) is 11.1 Å². The number of hydrogen-bond acceptors (Lipinski definition) is 6. The van der Waals surface area contributed by atoms with Gasteiger partial charge in [-0.15, -0.1) is 21.5 Å². The molecule has 28 heavy (non-hydrogen) atoms. The van der Waals surface area contributed by atoms with Crippen molar-refractivity contribution in [2.45, 2.75) is 38.4 Å². The van der Waals surface area contributed by atoms with E-state index in [1.54, 1.807) is 11.4 Å². The van der Waals surface area contributed by atoms with Crippen molar-refractivity contribution in [1.82, 2.24) is 14.8 Å². The van der Waals surface area contributed by atoms with E-state index in [2.05, 4.69) is 59.7 Å². The molecular formula is C20H21N5OS2. The summed E-state index contributed by atoms with van der Waals surface area (Å²) in [6.07, 6.45) is 0. The second-order valence-electron chi connectivity index (χ2n) is 6.44. The van der Waals surface area contributed by atoms with Crippen LogP contribution in [0.2, 0.25) is 0 Å². The lowest BCUT2D eigenvalue weighted by molar-refractivity contribution is -0.113. The Morgan fingerprint density at radius 1 is 1.29 bits per heavy atom. The minimum Gasteiger partial charge on any atom is -0.316 e. The maximum Gasteiger partial charge on any atom is 0.235 e. The molecule has 0 saturated carbocycles. The van der Waals surface area contributed by atoms with Crippen molar-refractivity contribution in [1.29, 1.82) is 5.26 Å². The predicted molar refractivity (Wildman–Crippen MR) is 114 cm³/mol. The molecule has 1 N–H and O–H groups in total. The van der Waals surface area contributed by atoms with Crippen LogP contribution in [0.15, 0.2) is 40.9 Å². The molecule has 0 bridgehead atoms. The molecule has 0 atom stereocenters. The van der Waals surface area contributed by atoms with Gasteiger partial charge >= 0.3 is 0 Å². The third-order valence-electron chi connectivity index (χ3n) is 4.24. The molecule has 0 aliphatic rings. The Labute approximate surface area is 172 Å². The zero-order valence-corrected chi connectivity index (χ0v) is 17.6. The summed E-state index contributed by atoms with van der Waals surface area (Å²) in [6, 6.07) is 12.1. The lowest BCUT2D eigenvalue weighted by atomic mass is 10.0. The first-order valence-corrected chi connectivity index (χ1v) is 10.8. The second kappa shape index (κ2) is 9.04. The predicted octanol–water partition coefficient (Wildman–Crippen LogP) is 4.75. The largest absolute Gasteiger partial charge is 0.316 e. The Morgan fingerprint density at radius 2 is 2.04 bits per heavy atom. The van der Waals surface area contributed by atoms with Crippen LogP contribution in [0.25, 0.3) is 11.4 Å². The van der Waals surface area contributed by atoms with Gasteiger partial charge in [0.2, 0.25) is 5.91 Å². The van der Waals surface area contributed by atoms with Crippen molar-refractivity contribution >= 4 is 34.0 Å². The summed E-state index contributed by atoms with van der Waals surface area (Å²) in [5, 5.41) is 23.5. The van der Waals surface area contributed by atoms with Crippen LogP contribution < -0.4 is 5.32 Å². The van der Waals surface area contributed by atoms with Gasteiger partial charge in [0.25, 0.3) is 0 Å². The molecule has 0 aliphatic carbocycles. The van der Waals surface area contributed by atoms with Crippen LogP contribution in [0.4, 0.5) is 5.00 Å². The van der Waals surface area contributed by atoms with Crippen molar-refractivity contribution in [3.63, 3.8) is 0 Å². The van der Waals surface area contributed by atoms with Gasteiger partial charge in [-0.1, -0.05) is 49.9 Å². The van der Waals surface area contributed by atoms with Gasteiger partial charge in [-0.25, -0.2) is 0 Å². The topological polar surface area (TPSA) is 83.6 Å². The molecule has 8 heteroatoms. The number of anilines is 1. The van der Waals surface area contributed by atoms with Gasteiger partial charge in [0.05, 0.1) is 11.3 Å². The minimum atomic E-state index is -0.169. The highest BCUT2D eigenvalue weighted by atomic mass is 32.2. The summed E-state index contributed by atoms with van der Waals surface area (Å²) < 4.78 is 2.01. The zero-order chi connectivity index (χ0) is 20.1. The van der Waals surface area contributed by atoms with Crippen LogP contribution in [0.3, 0.4) is 0 Å². The van der Waals surface area contributed by atoms with Crippen LogP contribution >= 0.6 is 23.1 Å². The van der Waals surface area contributed by atoms with E-state index in [1.165, 1.54) is 28.7 Å². The lowest BCUT2D eigenvalue weighted by Crippen LogP contribution is -2.14. The molecule has 1 amide bonds. The van der Waals surface area contributed by atoms with Crippen LogP contribution in [-0.2, 0) is 11.3 Å². The smallest absolute Gasteiger partial charge is 0.235 e. The molecule has 2 heterocycles. The highest BCUT2D eigenvalue weighted by Gasteiger charge is 2.15. The standard InChI is InChI=1S/C20H21N5OS2/c1-4-25-18(15-7-5-14(6-8-15)13(2)3)23-24-20(25)28-12-17(26)22-19-16(11-21)9-10-27-19/h5-10,13H,4,12H2,1-3H3,(H,22,26). The number of carbonyl (C=O) groups excluding carboxylic acids is 1. The van der Waals surface area contributed by atoms with Crippen LogP contribution in [0, 0.1) is 11.3 Å². The third-order valence-corrected chi connectivity index (χ3v) is 6.04. The van der Waals surface area contributed by atoms with Gasteiger partial charge in [0.1, 0.15) is 11.1 Å². The van der Waals surface area contributed by atoms with Crippen LogP contribution in [0.5, 0.6) is 0 Å². The van der Waals surface area contributed by atoms with Crippen LogP contribution in [-0.4, -0.2) is 26.4 Å². The fourth-order valence-electron chi connectivity index (χ4n) is 2.70. The van der Waals surface area contributed by atoms with Crippen molar-refractivity contribution in [2.24, 2.45) is 0 Å². The van der Waals surface area contributed by atoms with Crippen molar-refractivity contribution < 1.29 is 4.79 Å². The Kier molecular flexibility index (Phi) is 6.49. The molecule has 2 aromatic heterocycles. The number of rotatable bonds is 7. The Hall–Kier alpha value is -2.63. The van der Waals surface area contributed by atoms with Crippen molar-refractivity contribution in [3.8, 4) is 17.5 Å². The maximum atomic E-state index is 12.2. The number of nitrogens with one attached hydrogen (secondary N) is 1. The molecule has 0 radical (unpaired) electrons. The molecule has 0 aliphatic heterocycles. The number of thioether (sulfide) groups is 1. The molecule has 0 saturated heterocycles. The molecule has 3 rings (SSSR count). The molecule has 6 nitrogen and oxygen atoms in total. The molecule has 0 unspecified atom stereocenters. The first-order chi connectivity index (χ1) is 13.5. The summed E-state index contributed by atoms with van der Waals surface area (Å²) in [5.41, 5.74) is 2.77. The van der Waals surface area contributed by atoms with E-state index in [0.29, 0.717) is 28.2 Å².